The maximum absolute atomic E-state index is 4.50. The molecule has 0 fully saturated rings. The Kier molecular flexibility index (Phi) is 2.90. The van der Waals surface area contributed by atoms with Crippen molar-refractivity contribution in [3.63, 3.8) is 0 Å². The van der Waals surface area contributed by atoms with E-state index in [4.69, 9.17) is 0 Å². The number of aromatic nitrogens is 2. The van der Waals surface area contributed by atoms with Crippen molar-refractivity contribution in [1.29, 1.82) is 0 Å². The number of rotatable bonds is 2. The first-order valence-corrected chi connectivity index (χ1v) is 6.19. The van der Waals surface area contributed by atoms with E-state index < -0.39 is 0 Å². The molecule has 0 amide bonds. The monoisotopic (exact) mass is 252 g/mol. The molecule has 0 unspecified atom stereocenters. The molecule has 0 aliphatic heterocycles. The van der Waals surface area contributed by atoms with Crippen molar-refractivity contribution in [3.05, 3.63) is 66.9 Å². The van der Waals surface area contributed by atoms with Crippen molar-refractivity contribution in [1.82, 2.24) is 9.78 Å². The zero-order valence-corrected chi connectivity index (χ0v) is 10.6. The van der Waals surface area contributed by atoms with Gasteiger partial charge >= 0.3 is 0 Å². The van der Waals surface area contributed by atoms with E-state index in [-0.39, 0.29) is 0 Å². The van der Waals surface area contributed by atoms with Gasteiger partial charge in [-0.15, -0.1) is 12.6 Å². The van der Waals surface area contributed by atoms with Crippen LogP contribution in [0.3, 0.4) is 0 Å². The minimum Gasteiger partial charge on any atom is -0.232 e. The molecule has 88 valence electrons. The van der Waals surface area contributed by atoms with Gasteiger partial charge in [-0.25, -0.2) is 4.68 Å². The smallest absolute Gasteiger partial charge is 0.0874 e. The molecule has 0 radical (unpaired) electrons. The molecule has 18 heavy (non-hydrogen) atoms. The summed E-state index contributed by atoms with van der Waals surface area (Å²) in [6, 6.07) is 20.2. The number of benzene rings is 2. The largest absolute Gasteiger partial charge is 0.232 e. The molecule has 0 bridgehead atoms. The Morgan fingerprint density at radius 3 is 2.11 bits per heavy atom. The van der Waals surface area contributed by atoms with Crippen molar-refractivity contribution in [3.8, 4) is 16.9 Å². The number of hydrogen-bond donors (Lipinski definition) is 1. The molecule has 0 saturated heterocycles. The van der Waals surface area contributed by atoms with Gasteiger partial charge in [-0.1, -0.05) is 48.5 Å². The summed E-state index contributed by atoms with van der Waals surface area (Å²) < 4.78 is 1.91. The second-order valence-electron chi connectivity index (χ2n) is 3.99. The molecule has 3 aromatic rings. The summed E-state index contributed by atoms with van der Waals surface area (Å²) in [6.45, 7) is 0. The summed E-state index contributed by atoms with van der Waals surface area (Å²) in [6.07, 6.45) is 1.78. The van der Waals surface area contributed by atoms with Crippen molar-refractivity contribution >= 4 is 12.6 Å². The number of nitrogens with zero attached hydrogens (tertiary/aromatic N) is 2. The van der Waals surface area contributed by atoms with E-state index in [1.54, 1.807) is 6.20 Å². The SMILES string of the molecule is Sc1cnn(-c2ccccc2)c1-c1ccccc1. The van der Waals surface area contributed by atoms with Gasteiger partial charge in [0, 0.05) is 5.56 Å². The predicted molar refractivity (Wildman–Crippen MR) is 76.3 cm³/mol. The Bertz CT molecular complexity index is 645. The third-order valence-electron chi connectivity index (χ3n) is 2.80. The molecule has 0 atom stereocenters. The Hall–Kier alpha value is -2.00. The molecule has 3 heteroatoms. The lowest BCUT2D eigenvalue weighted by Gasteiger charge is -2.08. The Morgan fingerprint density at radius 2 is 1.44 bits per heavy atom. The highest BCUT2D eigenvalue weighted by Crippen LogP contribution is 2.28. The quantitative estimate of drug-likeness (QED) is 0.686. The minimum atomic E-state index is 0.880. The molecule has 1 aromatic heterocycles. The summed E-state index contributed by atoms with van der Waals surface area (Å²) in [5.41, 5.74) is 3.17. The third kappa shape index (κ3) is 1.93. The van der Waals surface area contributed by atoms with Gasteiger partial charge in [0.15, 0.2) is 0 Å². The van der Waals surface area contributed by atoms with Gasteiger partial charge in [-0.05, 0) is 12.1 Å². The van der Waals surface area contributed by atoms with Crippen LogP contribution in [-0.2, 0) is 0 Å². The van der Waals surface area contributed by atoms with Gasteiger partial charge in [0.05, 0.1) is 22.5 Å². The van der Waals surface area contributed by atoms with Crippen molar-refractivity contribution in [2.24, 2.45) is 0 Å². The van der Waals surface area contributed by atoms with Crippen LogP contribution in [-0.4, -0.2) is 9.78 Å². The second kappa shape index (κ2) is 4.70. The summed E-state index contributed by atoms with van der Waals surface area (Å²) in [5.74, 6) is 0. The van der Waals surface area contributed by atoms with Gasteiger partial charge in [0.2, 0.25) is 0 Å². The fourth-order valence-electron chi connectivity index (χ4n) is 1.97. The highest BCUT2D eigenvalue weighted by atomic mass is 32.1. The predicted octanol–water partition coefficient (Wildman–Crippen LogP) is 3.83. The number of thiol groups is 1. The lowest BCUT2D eigenvalue weighted by molar-refractivity contribution is 0.887. The van der Waals surface area contributed by atoms with Crippen LogP contribution in [0.5, 0.6) is 0 Å². The first-order valence-electron chi connectivity index (χ1n) is 5.74. The highest BCUT2D eigenvalue weighted by Gasteiger charge is 2.11. The molecule has 0 saturated carbocycles. The normalized spacial score (nSPS) is 10.5. The minimum absolute atomic E-state index is 0.880. The van der Waals surface area contributed by atoms with Gasteiger partial charge in [0.1, 0.15) is 0 Å². The van der Waals surface area contributed by atoms with Crippen LogP contribution in [0.2, 0.25) is 0 Å². The summed E-state index contributed by atoms with van der Waals surface area (Å²) in [4.78, 5) is 0.880. The summed E-state index contributed by atoms with van der Waals surface area (Å²) in [7, 11) is 0. The summed E-state index contributed by atoms with van der Waals surface area (Å²) >= 11 is 4.50. The fraction of sp³-hybridized carbons (Fsp3) is 0. The average Bonchev–Trinajstić information content (AvgIpc) is 2.83. The Balaban J connectivity index is 2.19. The van der Waals surface area contributed by atoms with Crippen molar-refractivity contribution in [2.45, 2.75) is 4.90 Å². The summed E-state index contributed by atoms with van der Waals surface area (Å²) in [5, 5.41) is 4.40. The first-order chi connectivity index (χ1) is 8.86. The molecule has 2 aromatic carbocycles. The number of para-hydroxylation sites is 1. The van der Waals surface area contributed by atoms with Crippen LogP contribution in [0.15, 0.2) is 71.8 Å². The molecule has 0 spiro atoms. The van der Waals surface area contributed by atoms with Crippen LogP contribution in [0, 0.1) is 0 Å². The van der Waals surface area contributed by atoms with E-state index in [2.05, 4.69) is 29.9 Å². The van der Waals surface area contributed by atoms with Crippen molar-refractivity contribution < 1.29 is 0 Å². The molecular weight excluding hydrogens is 240 g/mol. The zero-order chi connectivity index (χ0) is 12.4. The number of hydrogen-bond acceptors (Lipinski definition) is 2. The zero-order valence-electron chi connectivity index (χ0n) is 9.69. The van der Waals surface area contributed by atoms with Crippen LogP contribution in [0.4, 0.5) is 0 Å². The fourth-order valence-corrected chi connectivity index (χ4v) is 2.25. The van der Waals surface area contributed by atoms with E-state index in [9.17, 15) is 0 Å². The molecule has 1 heterocycles. The van der Waals surface area contributed by atoms with Crippen LogP contribution < -0.4 is 0 Å². The van der Waals surface area contributed by atoms with E-state index in [0.29, 0.717) is 0 Å². The van der Waals surface area contributed by atoms with Gasteiger partial charge in [-0.3, -0.25) is 0 Å². The second-order valence-corrected chi connectivity index (χ2v) is 4.47. The molecule has 3 rings (SSSR count). The van der Waals surface area contributed by atoms with E-state index >= 15 is 0 Å². The van der Waals surface area contributed by atoms with Gasteiger partial charge in [0.25, 0.3) is 0 Å². The maximum Gasteiger partial charge on any atom is 0.0874 e. The van der Waals surface area contributed by atoms with E-state index in [1.807, 2.05) is 53.2 Å². The molecule has 0 N–H and O–H groups in total. The molecule has 2 nitrogen and oxygen atoms in total. The molecule has 0 aliphatic rings. The van der Waals surface area contributed by atoms with Gasteiger partial charge < -0.3 is 0 Å². The highest BCUT2D eigenvalue weighted by molar-refractivity contribution is 7.80. The maximum atomic E-state index is 4.50. The average molecular weight is 252 g/mol. The topological polar surface area (TPSA) is 17.8 Å². The Labute approximate surface area is 111 Å². The third-order valence-corrected chi connectivity index (χ3v) is 3.13. The van der Waals surface area contributed by atoms with Gasteiger partial charge in [-0.2, -0.15) is 5.10 Å². The van der Waals surface area contributed by atoms with Crippen molar-refractivity contribution in [2.75, 3.05) is 0 Å². The lowest BCUT2D eigenvalue weighted by atomic mass is 10.1. The van der Waals surface area contributed by atoms with E-state index in [0.717, 1.165) is 21.8 Å². The first kappa shape index (κ1) is 11.1. The van der Waals surface area contributed by atoms with Crippen LogP contribution in [0.25, 0.3) is 16.9 Å². The lowest BCUT2D eigenvalue weighted by Crippen LogP contribution is -1.98. The molecule has 0 aliphatic carbocycles. The standard InChI is InChI=1S/C15H12N2S/c18-14-11-16-17(13-9-5-2-6-10-13)15(14)12-7-3-1-4-8-12/h1-11,18H. The van der Waals surface area contributed by atoms with Crippen LogP contribution >= 0.6 is 12.6 Å². The van der Waals surface area contributed by atoms with Crippen LogP contribution in [0.1, 0.15) is 0 Å². The Morgan fingerprint density at radius 1 is 0.833 bits per heavy atom. The molecular formula is C15H12N2S. The van der Waals surface area contributed by atoms with E-state index in [1.165, 1.54) is 0 Å².